The van der Waals surface area contributed by atoms with Crippen molar-refractivity contribution in [1.29, 1.82) is 0 Å². The Bertz CT molecular complexity index is 2720. The van der Waals surface area contributed by atoms with E-state index in [1.807, 2.05) is 53.1 Å². The van der Waals surface area contributed by atoms with Gasteiger partial charge in [0.05, 0.1) is 47.1 Å². The quantitative estimate of drug-likeness (QED) is 0.200. The number of ether oxygens (including phenoxy) is 1. The number of hydrogen-bond acceptors (Lipinski definition) is 1. The van der Waals surface area contributed by atoms with Crippen LogP contribution < -0.4 is 4.74 Å². The zero-order valence-electron chi connectivity index (χ0n) is 30.7. The molecular weight excluding hydrogens is 556 g/mol. The van der Waals surface area contributed by atoms with Crippen LogP contribution in [0, 0.1) is 0 Å². The molecule has 0 saturated carbocycles. The van der Waals surface area contributed by atoms with Gasteiger partial charge in [0.2, 0.25) is 0 Å². The van der Waals surface area contributed by atoms with Gasteiger partial charge in [0, 0.05) is 32.1 Å². The van der Waals surface area contributed by atoms with Crippen molar-refractivity contribution >= 4 is 59.5 Å². The van der Waals surface area contributed by atoms with Gasteiger partial charge in [0.1, 0.15) is 11.5 Å². The summed E-state index contributed by atoms with van der Waals surface area (Å²) in [5.74, 6) is 0.0752. The van der Waals surface area contributed by atoms with Crippen LogP contribution in [0.2, 0.25) is 0 Å². The molecule has 6 aromatic carbocycles. The number of fused-ring (bicyclic) bond motifs is 6. The molecule has 40 heavy (non-hydrogen) atoms. The van der Waals surface area contributed by atoms with Crippen molar-refractivity contribution in [3.8, 4) is 22.9 Å². The summed E-state index contributed by atoms with van der Waals surface area (Å²) in [5.41, 5.74) is 2.69. The van der Waals surface area contributed by atoms with Crippen LogP contribution in [0.5, 0.6) is 11.5 Å². The highest BCUT2D eigenvalue weighted by atomic mass is 79.9. The van der Waals surface area contributed by atoms with E-state index in [1.54, 1.807) is 22.8 Å². The van der Waals surface area contributed by atoms with Gasteiger partial charge in [-0.3, -0.25) is 0 Å². The van der Waals surface area contributed by atoms with Crippen LogP contribution in [0.1, 0.15) is 13.7 Å². The van der Waals surface area contributed by atoms with E-state index >= 15 is 0 Å². The minimum absolute atomic E-state index is 0.106. The van der Waals surface area contributed by atoms with E-state index in [0.717, 1.165) is 21.8 Å². The molecule has 0 N–H and O–H groups in total. The fourth-order valence-corrected chi connectivity index (χ4v) is 5.87. The lowest BCUT2D eigenvalue weighted by Gasteiger charge is -2.13. The van der Waals surface area contributed by atoms with Crippen molar-refractivity contribution in [1.82, 2.24) is 9.13 Å². The molecule has 4 heteroatoms. The van der Waals surface area contributed by atoms with Crippen LogP contribution in [0.3, 0.4) is 0 Å². The zero-order valence-corrected chi connectivity index (χ0v) is 22.3. The smallest absolute Gasteiger partial charge is 0.130 e. The van der Waals surface area contributed by atoms with E-state index in [1.165, 1.54) is 12.1 Å². The van der Waals surface area contributed by atoms with Crippen LogP contribution in [-0.2, 0) is 0 Å². The van der Waals surface area contributed by atoms with Gasteiger partial charge in [-0.15, -0.1) is 0 Å². The molecule has 0 atom stereocenters. The summed E-state index contributed by atoms with van der Waals surface area (Å²) >= 11 is 3.52. The third kappa shape index (κ3) is 3.57. The maximum Gasteiger partial charge on any atom is 0.130 e. The van der Waals surface area contributed by atoms with Crippen molar-refractivity contribution in [2.75, 3.05) is 0 Å². The Morgan fingerprint density at radius 1 is 0.550 bits per heavy atom. The lowest BCUT2D eigenvalue weighted by Crippen LogP contribution is -1.97. The largest absolute Gasteiger partial charge is 0.457 e. The number of nitrogens with zero attached hydrogens (tertiary/aromatic N) is 2. The summed E-state index contributed by atoms with van der Waals surface area (Å²) in [7, 11) is 0. The third-order valence-electron chi connectivity index (χ3n) is 6.94. The van der Waals surface area contributed by atoms with Crippen LogP contribution >= 0.6 is 15.9 Å². The molecule has 0 saturated heterocycles. The van der Waals surface area contributed by atoms with Crippen LogP contribution in [-0.4, -0.2) is 9.13 Å². The maximum absolute atomic E-state index is 9.28. The number of para-hydroxylation sites is 4. The topological polar surface area (TPSA) is 19.1 Å². The molecular formula is C36H23BrN2O. The lowest BCUT2D eigenvalue weighted by molar-refractivity contribution is 0.482. The average molecular weight is 590 g/mol. The molecule has 0 aliphatic carbocycles. The molecule has 0 bridgehead atoms. The van der Waals surface area contributed by atoms with E-state index in [4.69, 9.17) is 17.1 Å². The fraction of sp³-hybridized carbons (Fsp3) is 0. The standard InChI is InChI=1S/C36H23BrN2O/c37-24-21-25(23-27(22-24)40-26-11-2-1-3-12-26)38-33-18-9-6-15-30(33)36-34(38)19-10-20-35(36)39-31-16-7-4-13-28(31)29-14-5-8-17-32(29)39/h1-23H/i1D,2D,3D,6D,9D,10D,11D,15D,18D,20D. The number of aromatic nitrogens is 2. The zero-order chi connectivity index (χ0) is 35.3. The van der Waals surface area contributed by atoms with Gasteiger partial charge in [-0.25, -0.2) is 0 Å². The number of halogens is 1. The Morgan fingerprint density at radius 2 is 1.30 bits per heavy atom. The molecule has 0 fully saturated rings. The first kappa shape index (κ1) is 15.1. The van der Waals surface area contributed by atoms with Gasteiger partial charge < -0.3 is 13.9 Å². The van der Waals surface area contributed by atoms with Gasteiger partial charge in [0.25, 0.3) is 0 Å². The van der Waals surface area contributed by atoms with Crippen LogP contribution in [0.4, 0.5) is 0 Å². The second-order valence-corrected chi connectivity index (χ2v) is 10.1. The molecule has 8 rings (SSSR count). The summed E-state index contributed by atoms with van der Waals surface area (Å²) in [4.78, 5) is 0. The highest BCUT2D eigenvalue weighted by Crippen LogP contribution is 2.40. The first-order chi connectivity index (χ1) is 23.9. The van der Waals surface area contributed by atoms with Crippen LogP contribution in [0.25, 0.3) is 55.0 Å². The molecule has 8 aromatic rings. The third-order valence-corrected chi connectivity index (χ3v) is 7.40. The summed E-state index contributed by atoms with van der Waals surface area (Å²) < 4.78 is 96.2. The SMILES string of the molecule is [2H]c1cc(Oc2cc(Br)cc(-n3c4cc([2H])c([2H])c(-n5c6ccccc6c6ccccc65)c4c4c([2H])c([2H])c([2H])c([2H])c43)c2)c([2H])c([2H])c1[2H]. The highest BCUT2D eigenvalue weighted by molar-refractivity contribution is 9.10. The second-order valence-electron chi connectivity index (χ2n) is 9.23. The Kier molecular flexibility index (Phi) is 3.45. The summed E-state index contributed by atoms with van der Waals surface area (Å²) in [6.45, 7) is 0. The molecule has 0 aliphatic rings. The van der Waals surface area contributed by atoms with Gasteiger partial charge >= 0.3 is 0 Å². The lowest BCUT2D eigenvalue weighted by atomic mass is 10.1. The van der Waals surface area contributed by atoms with Gasteiger partial charge in [0.15, 0.2) is 0 Å². The van der Waals surface area contributed by atoms with Gasteiger partial charge in [-0.1, -0.05) is 94.6 Å². The minimum Gasteiger partial charge on any atom is -0.457 e. The summed E-state index contributed by atoms with van der Waals surface area (Å²) in [5, 5.41) is 2.38. The molecule has 2 aromatic heterocycles. The Balaban J connectivity index is 1.52. The normalized spacial score (nSPS) is 15.1. The summed E-state index contributed by atoms with van der Waals surface area (Å²) in [6, 6.07) is 19.8. The average Bonchev–Trinajstić information content (AvgIpc) is 3.61. The maximum atomic E-state index is 9.28. The van der Waals surface area contributed by atoms with Crippen LogP contribution in [0.15, 0.2) is 144 Å². The molecule has 190 valence electrons. The predicted octanol–water partition coefficient (Wildman–Crippen LogP) is 10.4. The molecule has 0 aliphatic heterocycles. The van der Waals surface area contributed by atoms with Crippen molar-refractivity contribution < 1.29 is 18.4 Å². The molecule has 0 amide bonds. The number of rotatable bonds is 4. The Labute approximate surface area is 253 Å². The van der Waals surface area contributed by atoms with E-state index in [0.29, 0.717) is 26.8 Å². The van der Waals surface area contributed by atoms with E-state index in [2.05, 4.69) is 15.9 Å². The van der Waals surface area contributed by atoms with E-state index in [9.17, 15) is 1.37 Å². The van der Waals surface area contributed by atoms with E-state index in [-0.39, 0.29) is 58.7 Å². The molecule has 0 spiro atoms. The molecule has 0 unspecified atom stereocenters. The Morgan fingerprint density at radius 3 is 2.12 bits per heavy atom. The highest BCUT2D eigenvalue weighted by Gasteiger charge is 2.19. The van der Waals surface area contributed by atoms with Gasteiger partial charge in [-0.05, 0) is 54.5 Å². The first-order valence-electron chi connectivity index (χ1n) is 17.5. The number of hydrogen-bond donors (Lipinski definition) is 0. The van der Waals surface area contributed by atoms with Crippen molar-refractivity contribution in [2.24, 2.45) is 0 Å². The molecule has 0 radical (unpaired) electrons. The minimum atomic E-state index is -0.451. The molecule has 2 heterocycles. The van der Waals surface area contributed by atoms with Gasteiger partial charge in [-0.2, -0.15) is 0 Å². The number of benzene rings is 6. The van der Waals surface area contributed by atoms with Crippen molar-refractivity contribution in [3.05, 3.63) is 144 Å². The monoisotopic (exact) mass is 588 g/mol. The second kappa shape index (κ2) is 9.15. The predicted molar refractivity (Wildman–Crippen MR) is 169 cm³/mol. The van der Waals surface area contributed by atoms with Crippen molar-refractivity contribution in [2.45, 2.75) is 0 Å². The molecule has 3 nitrogen and oxygen atoms in total. The Hall–Kier alpha value is -4.80. The van der Waals surface area contributed by atoms with Crippen molar-refractivity contribution in [3.63, 3.8) is 0 Å². The summed E-state index contributed by atoms with van der Waals surface area (Å²) in [6.07, 6.45) is 0. The fourth-order valence-electron chi connectivity index (χ4n) is 5.41. The first-order valence-corrected chi connectivity index (χ1v) is 13.3. The van der Waals surface area contributed by atoms with E-state index < -0.39 is 24.2 Å².